The zero-order valence-corrected chi connectivity index (χ0v) is 13.8. The molecule has 0 bridgehead atoms. The monoisotopic (exact) mass is 333 g/mol. The van der Waals surface area contributed by atoms with Crippen LogP contribution < -0.4 is 4.90 Å². The molecule has 1 aliphatic rings. The van der Waals surface area contributed by atoms with Crippen molar-refractivity contribution in [1.82, 2.24) is 19.7 Å². The number of amides is 1. The van der Waals surface area contributed by atoms with E-state index in [1.54, 1.807) is 17.1 Å². The van der Waals surface area contributed by atoms with Crippen LogP contribution in [0.25, 0.3) is 5.69 Å². The highest BCUT2D eigenvalue weighted by molar-refractivity contribution is 5.95. The molecule has 0 radical (unpaired) electrons. The molecule has 1 saturated heterocycles. The average molecular weight is 333 g/mol. The van der Waals surface area contributed by atoms with Gasteiger partial charge in [0, 0.05) is 50.3 Å². The minimum atomic E-state index is 0.0645. The van der Waals surface area contributed by atoms with E-state index in [0.717, 1.165) is 24.6 Å². The number of hydrogen-bond acceptors (Lipinski definition) is 4. The van der Waals surface area contributed by atoms with E-state index in [1.807, 2.05) is 59.6 Å². The van der Waals surface area contributed by atoms with E-state index in [0.29, 0.717) is 18.7 Å². The smallest absolute Gasteiger partial charge is 0.254 e. The molecular weight excluding hydrogens is 314 g/mol. The van der Waals surface area contributed by atoms with Gasteiger partial charge in [-0.3, -0.25) is 4.79 Å². The molecule has 2 aromatic heterocycles. The van der Waals surface area contributed by atoms with Crippen molar-refractivity contribution in [3.8, 4) is 5.69 Å². The number of nitrogens with zero attached hydrogens (tertiary/aromatic N) is 5. The maximum atomic E-state index is 12.8. The molecule has 1 aromatic carbocycles. The second-order valence-corrected chi connectivity index (χ2v) is 5.97. The first-order valence-corrected chi connectivity index (χ1v) is 8.36. The van der Waals surface area contributed by atoms with Crippen molar-refractivity contribution in [3.05, 3.63) is 72.7 Å². The van der Waals surface area contributed by atoms with Crippen LogP contribution in [0.1, 0.15) is 10.4 Å². The fraction of sp³-hybridized carbons (Fsp3) is 0.211. The van der Waals surface area contributed by atoms with Crippen LogP contribution in [0.5, 0.6) is 0 Å². The molecule has 3 aromatic rings. The SMILES string of the molecule is O=C(c1cccc(-n2cccn2)c1)N1CCN(c2ccccn2)CC1. The molecule has 1 amide bonds. The second kappa shape index (κ2) is 6.76. The summed E-state index contributed by atoms with van der Waals surface area (Å²) in [5, 5.41) is 4.22. The van der Waals surface area contributed by atoms with E-state index in [1.165, 1.54) is 0 Å². The van der Waals surface area contributed by atoms with Gasteiger partial charge in [-0.25, -0.2) is 9.67 Å². The summed E-state index contributed by atoms with van der Waals surface area (Å²) >= 11 is 0. The number of hydrogen-bond donors (Lipinski definition) is 0. The summed E-state index contributed by atoms with van der Waals surface area (Å²) in [5.41, 5.74) is 1.59. The number of carbonyl (C=O) groups excluding carboxylic acids is 1. The minimum absolute atomic E-state index is 0.0645. The Kier molecular flexibility index (Phi) is 4.16. The van der Waals surface area contributed by atoms with Gasteiger partial charge in [0.2, 0.25) is 0 Å². The molecule has 1 aliphatic heterocycles. The number of carbonyl (C=O) groups is 1. The maximum Gasteiger partial charge on any atom is 0.254 e. The predicted molar refractivity (Wildman–Crippen MR) is 95.9 cm³/mol. The van der Waals surface area contributed by atoms with E-state index >= 15 is 0 Å². The van der Waals surface area contributed by atoms with Crippen molar-refractivity contribution in [1.29, 1.82) is 0 Å². The third-order valence-electron chi connectivity index (χ3n) is 4.40. The van der Waals surface area contributed by atoms with Crippen LogP contribution in [0.2, 0.25) is 0 Å². The summed E-state index contributed by atoms with van der Waals surface area (Å²) in [4.78, 5) is 21.3. The van der Waals surface area contributed by atoms with Crippen LogP contribution in [0.15, 0.2) is 67.1 Å². The molecule has 126 valence electrons. The van der Waals surface area contributed by atoms with Gasteiger partial charge in [0.25, 0.3) is 5.91 Å². The quantitative estimate of drug-likeness (QED) is 0.737. The molecule has 0 atom stereocenters. The van der Waals surface area contributed by atoms with Crippen molar-refractivity contribution in [2.45, 2.75) is 0 Å². The van der Waals surface area contributed by atoms with Crippen molar-refractivity contribution in [3.63, 3.8) is 0 Å². The summed E-state index contributed by atoms with van der Waals surface area (Å²) in [6, 6.07) is 15.4. The standard InChI is InChI=1S/C19H19N5O/c25-19(16-5-3-6-17(15-16)24-10-4-9-21-24)23-13-11-22(12-14-23)18-7-1-2-8-20-18/h1-10,15H,11-14H2. The molecule has 4 rings (SSSR count). The number of piperazine rings is 1. The normalized spacial score (nSPS) is 14.6. The molecule has 0 N–H and O–H groups in total. The third kappa shape index (κ3) is 3.24. The van der Waals surface area contributed by atoms with Crippen molar-refractivity contribution in [2.75, 3.05) is 31.1 Å². The van der Waals surface area contributed by atoms with Crippen LogP contribution in [-0.2, 0) is 0 Å². The Balaban J connectivity index is 1.45. The largest absolute Gasteiger partial charge is 0.353 e. The predicted octanol–water partition coefficient (Wildman–Crippen LogP) is 2.23. The zero-order valence-electron chi connectivity index (χ0n) is 13.8. The van der Waals surface area contributed by atoms with Crippen molar-refractivity contribution < 1.29 is 4.79 Å². The third-order valence-corrected chi connectivity index (χ3v) is 4.40. The van der Waals surface area contributed by atoms with Crippen LogP contribution in [0, 0.1) is 0 Å². The summed E-state index contributed by atoms with van der Waals surface area (Å²) in [6.07, 6.45) is 5.40. The highest BCUT2D eigenvalue weighted by atomic mass is 16.2. The Labute approximate surface area is 146 Å². The number of pyridine rings is 1. The molecule has 6 nitrogen and oxygen atoms in total. The lowest BCUT2D eigenvalue weighted by Crippen LogP contribution is -2.49. The van der Waals surface area contributed by atoms with Gasteiger partial charge in [0.15, 0.2) is 0 Å². The summed E-state index contributed by atoms with van der Waals surface area (Å²) in [5.74, 6) is 1.03. The lowest BCUT2D eigenvalue weighted by molar-refractivity contribution is 0.0746. The number of benzene rings is 1. The zero-order chi connectivity index (χ0) is 17.1. The highest BCUT2D eigenvalue weighted by Gasteiger charge is 2.23. The topological polar surface area (TPSA) is 54.3 Å². The second-order valence-electron chi connectivity index (χ2n) is 5.97. The van der Waals surface area contributed by atoms with E-state index in [-0.39, 0.29) is 5.91 Å². The molecule has 6 heteroatoms. The van der Waals surface area contributed by atoms with Gasteiger partial charge in [-0.15, -0.1) is 0 Å². The summed E-state index contributed by atoms with van der Waals surface area (Å²) < 4.78 is 1.76. The van der Waals surface area contributed by atoms with Crippen LogP contribution in [0.3, 0.4) is 0 Å². The van der Waals surface area contributed by atoms with Gasteiger partial charge >= 0.3 is 0 Å². The highest BCUT2D eigenvalue weighted by Crippen LogP contribution is 2.16. The maximum absolute atomic E-state index is 12.8. The Morgan fingerprint density at radius 1 is 0.920 bits per heavy atom. The Hall–Kier alpha value is -3.15. The summed E-state index contributed by atoms with van der Waals surface area (Å²) in [6.45, 7) is 2.98. The molecular formula is C19H19N5O. The van der Waals surface area contributed by atoms with E-state index in [2.05, 4.69) is 15.0 Å². The number of anilines is 1. The van der Waals surface area contributed by atoms with Gasteiger partial charge in [-0.2, -0.15) is 5.10 Å². The first kappa shape index (κ1) is 15.4. The fourth-order valence-corrected chi connectivity index (χ4v) is 3.07. The van der Waals surface area contributed by atoms with E-state index in [9.17, 15) is 4.79 Å². The van der Waals surface area contributed by atoms with Crippen LogP contribution in [0.4, 0.5) is 5.82 Å². The van der Waals surface area contributed by atoms with Gasteiger partial charge in [-0.1, -0.05) is 12.1 Å². The lowest BCUT2D eigenvalue weighted by atomic mass is 10.1. The van der Waals surface area contributed by atoms with Gasteiger partial charge in [0.05, 0.1) is 5.69 Å². The van der Waals surface area contributed by atoms with Gasteiger partial charge in [-0.05, 0) is 36.4 Å². The molecule has 0 spiro atoms. The van der Waals surface area contributed by atoms with Crippen LogP contribution >= 0.6 is 0 Å². The number of rotatable bonds is 3. The molecule has 0 aliphatic carbocycles. The minimum Gasteiger partial charge on any atom is -0.353 e. The fourth-order valence-electron chi connectivity index (χ4n) is 3.07. The average Bonchev–Trinajstić information content (AvgIpc) is 3.23. The van der Waals surface area contributed by atoms with Crippen LogP contribution in [-0.4, -0.2) is 51.8 Å². The van der Waals surface area contributed by atoms with Gasteiger partial charge in [0.1, 0.15) is 5.82 Å². The van der Waals surface area contributed by atoms with Gasteiger partial charge < -0.3 is 9.80 Å². The lowest BCUT2D eigenvalue weighted by Gasteiger charge is -2.35. The molecule has 25 heavy (non-hydrogen) atoms. The van der Waals surface area contributed by atoms with Crippen molar-refractivity contribution >= 4 is 11.7 Å². The van der Waals surface area contributed by atoms with E-state index < -0.39 is 0 Å². The molecule has 0 unspecified atom stereocenters. The molecule has 1 fully saturated rings. The molecule has 0 saturated carbocycles. The number of aromatic nitrogens is 3. The molecule has 3 heterocycles. The first-order valence-electron chi connectivity index (χ1n) is 8.36. The Morgan fingerprint density at radius 2 is 1.80 bits per heavy atom. The summed E-state index contributed by atoms with van der Waals surface area (Å²) in [7, 11) is 0. The Bertz CT molecular complexity index is 839. The van der Waals surface area contributed by atoms with Crippen molar-refractivity contribution in [2.24, 2.45) is 0 Å². The van der Waals surface area contributed by atoms with E-state index in [4.69, 9.17) is 0 Å². The Morgan fingerprint density at radius 3 is 2.52 bits per heavy atom. The first-order chi connectivity index (χ1) is 12.3.